The number of nitrogens with one attached hydrogen (secondary N) is 1. The van der Waals surface area contributed by atoms with Gasteiger partial charge in [-0.3, -0.25) is 9.59 Å². The molecule has 0 fully saturated rings. The molecule has 1 atom stereocenters. The molecule has 5 heteroatoms. The first kappa shape index (κ1) is 14.9. The third-order valence-corrected chi connectivity index (χ3v) is 2.41. The second-order valence-electron chi connectivity index (χ2n) is 3.96. The zero-order valence-corrected chi connectivity index (χ0v) is 10.6. The van der Waals surface area contributed by atoms with Crippen LogP contribution in [0.2, 0.25) is 0 Å². The van der Waals surface area contributed by atoms with Gasteiger partial charge in [0.2, 0.25) is 5.91 Å². The maximum absolute atomic E-state index is 11.2. The summed E-state index contributed by atoms with van der Waals surface area (Å²) >= 11 is 0. The first-order chi connectivity index (χ1) is 7.51. The molecule has 0 aliphatic heterocycles. The molecule has 0 aliphatic carbocycles. The summed E-state index contributed by atoms with van der Waals surface area (Å²) in [4.78, 5) is 24.2. The molecule has 1 amide bonds. The van der Waals surface area contributed by atoms with Gasteiger partial charge in [0.15, 0.2) is 0 Å². The summed E-state index contributed by atoms with van der Waals surface area (Å²) in [6.07, 6.45) is 1.32. The van der Waals surface area contributed by atoms with Crippen molar-refractivity contribution in [3.05, 3.63) is 0 Å². The molecule has 0 heterocycles. The van der Waals surface area contributed by atoms with Crippen LogP contribution in [0.5, 0.6) is 0 Å². The number of hydrogen-bond donors (Lipinski definition) is 1. The Morgan fingerprint density at radius 3 is 2.56 bits per heavy atom. The van der Waals surface area contributed by atoms with Crippen molar-refractivity contribution in [3.8, 4) is 0 Å². The summed E-state index contributed by atoms with van der Waals surface area (Å²) in [7, 11) is 4.96. The van der Waals surface area contributed by atoms with Gasteiger partial charge in [-0.25, -0.2) is 0 Å². The van der Waals surface area contributed by atoms with Crippen LogP contribution >= 0.6 is 0 Å². The number of nitrogens with zero attached hydrogens (tertiary/aromatic N) is 1. The number of carbonyl (C=O) groups is 2. The lowest BCUT2D eigenvalue weighted by molar-refractivity contribution is -0.145. The first-order valence-corrected chi connectivity index (χ1v) is 5.48. The van der Waals surface area contributed by atoms with Crippen molar-refractivity contribution in [2.45, 2.75) is 19.8 Å². The van der Waals surface area contributed by atoms with Gasteiger partial charge in [-0.05, 0) is 20.0 Å². The van der Waals surface area contributed by atoms with Crippen molar-refractivity contribution in [3.63, 3.8) is 0 Å². The third kappa shape index (κ3) is 6.40. The van der Waals surface area contributed by atoms with E-state index in [1.807, 2.05) is 18.9 Å². The number of ether oxygens (including phenoxy) is 1. The van der Waals surface area contributed by atoms with Gasteiger partial charge in [0.1, 0.15) is 0 Å². The van der Waals surface area contributed by atoms with Crippen LogP contribution in [0.3, 0.4) is 0 Å². The highest BCUT2D eigenvalue weighted by Gasteiger charge is 2.15. The van der Waals surface area contributed by atoms with E-state index in [1.165, 1.54) is 7.11 Å². The Bertz CT molecular complexity index is 231. The molecule has 1 unspecified atom stereocenters. The third-order valence-electron chi connectivity index (χ3n) is 2.41. The fourth-order valence-electron chi connectivity index (χ4n) is 1.47. The lowest BCUT2D eigenvalue weighted by atomic mass is 10.1. The summed E-state index contributed by atoms with van der Waals surface area (Å²) in [6.45, 7) is 3.29. The second kappa shape index (κ2) is 8.10. The standard InChI is InChI=1S/C11H22N2O3/c1-9(11(15)16-4)8-13(3)7-5-6-10(14)12-2/h9H,5-8H2,1-4H3,(H,12,14). The molecule has 1 N–H and O–H groups in total. The van der Waals surface area contributed by atoms with Crippen LogP contribution in [-0.4, -0.2) is 51.1 Å². The average molecular weight is 230 g/mol. The highest BCUT2D eigenvalue weighted by Crippen LogP contribution is 2.02. The van der Waals surface area contributed by atoms with E-state index in [2.05, 4.69) is 10.1 Å². The van der Waals surface area contributed by atoms with Crippen LogP contribution in [0.4, 0.5) is 0 Å². The van der Waals surface area contributed by atoms with Gasteiger partial charge in [-0.15, -0.1) is 0 Å². The summed E-state index contributed by atoms with van der Waals surface area (Å²) in [5, 5.41) is 2.58. The topological polar surface area (TPSA) is 58.6 Å². The summed E-state index contributed by atoms with van der Waals surface area (Å²) in [5.41, 5.74) is 0. The molecule has 0 aliphatic rings. The number of methoxy groups -OCH3 is 1. The zero-order chi connectivity index (χ0) is 12.6. The monoisotopic (exact) mass is 230 g/mol. The van der Waals surface area contributed by atoms with Crippen molar-refractivity contribution in [1.82, 2.24) is 10.2 Å². The maximum Gasteiger partial charge on any atom is 0.309 e. The molecule has 0 rings (SSSR count). The molecular formula is C11H22N2O3. The Balaban J connectivity index is 3.69. The smallest absolute Gasteiger partial charge is 0.309 e. The van der Waals surface area contributed by atoms with E-state index in [-0.39, 0.29) is 17.8 Å². The predicted molar refractivity (Wildman–Crippen MR) is 62.0 cm³/mol. The predicted octanol–water partition coefficient (Wildman–Crippen LogP) is 0.254. The number of esters is 1. The minimum Gasteiger partial charge on any atom is -0.469 e. The quantitative estimate of drug-likeness (QED) is 0.637. The van der Waals surface area contributed by atoms with Gasteiger partial charge >= 0.3 is 5.97 Å². The fourth-order valence-corrected chi connectivity index (χ4v) is 1.47. The number of rotatable bonds is 7. The summed E-state index contributed by atoms with van der Waals surface area (Å²) < 4.78 is 4.64. The Labute approximate surface area is 97.1 Å². The normalized spacial score (nSPS) is 12.3. The second-order valence-corrected chi connectivity index (χ2v) is 3.96. The van der Waals surface area contributed by atoms with Crippen molar-refractivity contribution in [2.75, 3.05) is 34.3 Å². The molecule has 0 spiro atoms. The number of amides is 1. The summed E-state index contributed by atoms with van der Waals surface area (Å²) in [5.74, 6) is -0.275. The molecule has 0 bridgehead atoms. The van der Waals surface area contributed by atoms with Gasteiger partial charge in [0.05, 0.1) is 13.0 Å². The van der Waals surface area contributed by atoms with E-state index in [1.54, 1.807) is 7.05 Å². The molecule has 0 aromatic heterocycles. The van der Waals surface area contributed by atoms with Gasteiger partial charge in [0.25, 0.3) is 0 Å². The van der Waals surface area contributed by atoms with Gasteiger partial charge in [-0.2, -0.15) is 0 Å². The SMILES string of the molecule is CNC(=O)CCCN(C)CC(C)C(=O)OC. The molecule has 0 saturated heterocycles. The molecule has 0 aromatic rings. The lowest BCUT2D eigenvalue weighted by Gasteiger charge is -2.19. The molecule has 5 nitrogen and oxygen atoms in total. The van der Waals surface area contributed by atoms with E-state index in [0.29, 0.717) is 13.0 Å². The van der Waals surface area contributed by atoms with Crippen LogP contribution in [0.15, 0.2) is 0 Å². The minimum atomic E-state index is -0.196. The van der Waals surface area contributed by atoms with Crippen LogP contribution < -0.4 is 5.32 Å². The molecule has 0 aromatic carbocycles. The molecule has 0 radical (unpaired) electrons. The lowest BCUT2D eigenvalue weighted by Crippen LogP contribution is -2.30. The first-order valence-electron chi connectivity index (χ1n) is 5.48. The van der Waals surface area contributed by atoms with E-state index in [4.69, 9.17) is 0 Å². The van der Waals surface area contributed by atoms with E-state index >= 15 is 0 Å². The van der Waals surface area contributed by atoms with Gasteiger partial charge in [-0.1, -0.05) is 6.92 Å². The van der Waals surface area contributed by atoms with Crippen molar-refractivity contribution < 1.29 is 14.3 Å². The number of hydrogen-bond acceptors (Lipinski definition) is 4. The highest BCUT2D eigenvalue weighted by atomic mass is 16.5. The minimum absolute atomic E-state index is 0.0504. The van der Waals surface area contributed by atoms with E-state index in [9.17, 15) is 9.59 Å². The zero-order valence-electron chi connectivity index (χ0n) is 10.6. The van der Waals surface area contributed by atoms with Gasteiger partial charge in [0, 0.05) is 20.0 Å². The Kier molecular flexibility index (Phi) is 7.54. The Morgan fingerprint density at radius 1 is 1.44 bits per heavy atom. The maximum atomic E-state index is 11.2. The largest absolute Gasteiger partial charge is 0.469 e. The van der Waals surface area contributed by atoms with Crippen molar-refractivity contribution >= 4 is 11.9 Å². The number of carbonyl (C=O) groups excluding carboxylic acids is 2. The van der Waals surface area contributed by atoms with E-state index < -0.39 is 0 Å². The molecule has 94 valence electrons. The van der Waals surface area contributed by atoms with Crippen molar-refractivity contribution in [1.29, 1.82) is 0 Å². The molecular weight excluding hydrogens is 208 g/mol. The van der Waals surface area contributed by atoms with E-state index in [0.717, 1.165) is 13.0 Å². The van der Waals surface area contributed by atoms with Crippen LogP contribution in [0.25, 0.3) is 0 Å². The fraction of sp³-hybridized carbons (Fsp3) is 0.818. The Morgan fingerprint density at radius 2 is 2.06 bits per heavy atom. The summed E-state index contributed by atoms with van der Waals surface area (Å²) in [6, 6.07) is 0. The van der Waals surface area contributed by atoms with Crippen LogP contribution in [0, 0.1) is 5.92 Å². The van der Waals surface area contributed by atoms with Crippen LogP contribution in [-0.2, 0) is 14.3 Å². The molecule has 16 heavy (non-hydrogen) atoms. The Hall–Kier alpha value is -1.10. The molecule has 0 saturated carbocycles. The van der Waals surface area contributed by atoms with Gasteiger partial charge < -0.3 is 15.0 Å². The van der Waals surface area contributed by atoms with Crippen molar-refractivity contribution in [2.24, 2.45) is 5.92 Å². The highest BCUT2D eigenvalue weighted by molar-refractivity contribution is 5.75. The average Bonchev–Trinajstić information content (AvgIpc) is 2.27. The van der Waals surface area contributed by atoms with Crippen LogP contribution in [0.1, 0.15) is 19.8 Å².